The smallest absolute Gasteiger partial charge is 0.262 e. The van der Waals surface area contributed by atoms with Crippen LogP contribution in [-0.4, -0.2) is 127 Å². The van der Waals surface area contributed by atoms with E-state index in [9.17, 15) is 29.6 Å². The standard InChI is InChI=1S/C34H48N6O6S6Si2/c1-53(2,3)19-17-49-31-25(29(43)37-13-15-51-33(37)47)9-11-27(39(31)45)35-23(21-41)7-8-24(22-42)36-28-12-10-26(30(44)38-14-16-52-34(38)48)32(40(28)46)50-18-20-54(4,5)6/h9-12,21-24,45-46H,7-8,13-20H2,1-6H3. The minimum absolute atomic E-state index is 0.0847. The first-order valence-electron chi connectivity index (χ1n) is 17.6. The van der Waals surface area contributed by atoms with E-state index in [2.05, 4.69) is 49.3 Å². The first-order valence-corrected chi connectivity index (χ1v) is 29.7. The molecule has 0 bridgehead atoms. The number of carbonyl (C=O) groups excluding carboxylic acids is 4. The van der Waals surface area contributed by atoms with Crippen LogP contribution in [0.15, 0.2) is 44.3 Å². The number of aldehydes is 2. The Kier molecular flexibility index (Phi) is 16.3. The van der Waals surface area contributed by atoms with Crippen molar-refractivity contribution >= 4 is 121 Å². The number of aromatic nitrogens is 2. The molecule has 2 aliphatic heterocycles. The second kappa shape index (κ2) is 19.8. The summed E-state index contributed by atoms with van der Waals surface area (Å²) >= 11 is 16.4. The predicted molar refractivity (Wildman–Crippen MR) is 233 cm³/mol. The highest BCUT2D eigenvalue weighted by atomic mass is 32.2. The minimum Gasteiger partial charge on any atom is -0.426 e. The lowest BCUT2D eigenvalue weighted by molar-refractivity contribution is -0.110. The van der Waals surface area contributed by atoms with Gasteiger partial charge in [0, 0.05) is 40.7 Å². The fraction of sp³-hybridized carbons (Fsp3) is 0.529. The van der Waals surface area contributed by atoms with Gasteiger partial charge in [-0.3, -0.25) is 29.4 Å². The molecule has 2 aromatic rings. The Morgan fingerprint density at radius 1 is 0.741 bits per heavy atom. The zero-order valence-corrected chi connectivity index (χ0v) is 38.2. The molecule has 0 saturated carbocycles. The number of pyridine rings is 2. The maximum Gasteiger partial charge on any atom is 0.262 e. The van der Waals surface area contributed by atoms with Gasteiger partial charge in [0.25, 0.3) is 11.8 Å². The summed E-state index contributed by atoms with van der Waals surface area (Å²) in [6, 6.07) is 6.21. The molecule has 2 atom stereocenters. The van der Waals surface area contributed by atoms with Gasteiger partial charge in [0.1, 0.15) is 43.3 Å². The Labute approximate surface area is 346 Å². The van der Waals surface area contributed by atoms with Crippen LogP contribution in [0.2, 0.25) is 51.4 Å². The van der Waals surface area contributed by atoms with Crippen LogP contribution >= 0.6 is 71.5 Å². The predicted octanol–water partition coefficient (Wildman–Crippen LogP) is 5.99. The summed E-state index contributed by atoms with van der Waals surface area (Å²) in [5, 5.41) is 23.4. The van der Waals surface area contributed by atoms with Crippen LogP contribution in [0, 0.1) is 0 Å². The molecule has 4 heterocycles. The molecule has 2 amide bonds. The Morgan fingerprint density at radius 2 is 1.11 bits per heavy atom. The van der Waals surface area contributed by atoms with Crippen LogP contribution in [0.3, 0.4) is 0 Å². The third-order valence-corrected chi connectivity index (χ3v) is 17.6. The molecule has 0 aliphatic carbocycles. The quantitative estimate of drug-likeness (QED) is 0.0632. The molecule has 2 aromatic heterocycles. The van der Waals surface area contributed by atoms with Crippen molar-refractivity contribution in [1.29, 1.82) is 0 Å². The SMILES string of the molecule is C[Si](C)(C)CCSc1c(C(=O)N2CCSC2=S)ccc(=NC(C=O)CCC(C=O)N=c2ccc(C(=O)N3CCSC3=S)c(SCC[Si](C)(C)C)n2O)n1O. The average Bonchev–Trinajstić information content (AvgIpc) is 3.74. The van der Waals surface area contributed by atoms with Crippen molar-refractivity contribution in [2.45, 2.75) is 86.3 Å². The van der Waals surface area contributed by atoms with E-state index in [4.69, 9.17) is 24.4 Å². The largest absolute Gasteiger partial charge is 0.426 e. The van der Waals surface area contributed by atoms with Gasteiger partial charge in [0.15, 0.2) is 11.0 Å². The monoisotopic (exact) mass is 884 g/mol. The molecule has 294 valence electrons. The topological polar surface area (TPSA) is 150 Å². The number of nitrogens with zero attached hydrogens (tertiary/aromatic N) is 6. The van der Waals surface area contributed by atoms with E-state index in [1.54, 1.807) is 12.1 Å². The minimum atomic E-state index is -1.42. The first-order chi connectivity index (χ1) is 25.4. The Morgan fingerprint density at radius 3 is 1.41 bits per heavy atom. The van der Waals surface area contributed by atoms with Crippen molar-refractivity contribution in [2.75, 3.05) is 36.1 Å². The Bertz CT molecular complexity index is 1780. The van der Waals surface area contributed by atoms with Crippen molar-refractivity contribution in [3.05, 3.63) is 46.4 Å². The first kappa shape index (κ1) is 44.5. The molecule has 0 aromatic carbocycles. The summed E-state index contributed by atoms with van der Waals surface area (Å²) in [7, 11) is -2.85. The summed E-state index contributed by atoms with van der Waals surface area (Å²) in [4.78, 5) is 63.6. The molecular weight excluding hydrogens is 837 g/mol. The summed E-state index contributed by atoms with van der Waals surface area (Å²) in [5.74, 6) is 2.18. The summed E-state index contributed by atoms with van der Waals surface area (Å²) in [6.45, 7) is 14.5. The molecule has 2 unspecified atom stereocenters. The molecule has 12 nitrogen and oxygen atoms in total. The van der Waals surface area contributed by atoms with Crippen LogP contribution in [0.1, 0.15) is 33.6 Å². The molecule has 2 aliphatic rings. The molecule has 0 radical (unpaired) electrons. The van der Waals surface area contributed by atoms with Gasteiger partial charge in [-0.05, 0) is 60.7 Å². The summed E-state index contributed by atoms with van der Waals surface area (Å²) in [5.41, 5.74) is 0.770. The molecule has 2 N–H and O–H groups in total. The molecular formula is C34H48N6O6S6Si2. The third kappa shape index (κ3) is 12.1. The lowest BCUT2D eigenvalue weighted by Crippen LogP contribution is -2.34. The van der Waals surface area contributed by atoms with E-state index < -0.39 is 28.2 Å². The van der Waals surface area contributed by atoms with Gasteiger partial charge in [0.2, 0.25) is 0 Å². The molecule has 2 saturated heterocycles. The van der Waals surface area contributed by atoms with E-state index >= 15 is 0 Å². The van der Waals surface area contributed by atoms with Gasteiger partial charge >= 0.3 is 0 Å². The van der Waals surface area contributed by atoms with E-state index in [1.807, 2.05) is 0 Å². The molecule has 2 fully saturated rings. The number of amides is 2. The number of rotatable bonds is 17. The van der Waals surface area contributed by atoms with Gasteiger partial charge in [-0.15, -0.1) is 23.5 Å². The zero-order valence-electron chi connectivity index (χ0n) is 31.4. The van der Waals surface area contributed by atoms with Gasteiger partial charge in [-0.2, -0.15) is 9.46 Å². The number of carbonyl (C=O) groups is 4. The van der Waals surface area contributed by atoms with E-state index in [-0.39, 0.29) is 35.6 Å². The van der Waals surface area contributed by atoms with Gasteiger partial charge in [-0.25, -0.2) is 0 Å². The normalized spacial score (nSPS) is 17.0. The fourth-order valence-electron chi connectivity index (χ4n) is 5.20. The number of hydrogen-bond donors (Lipinski definition) is 2. The average molecular weight is 885 g/mol. The Balaban J connectivity index is 1.61. The highest BCUT2D eigenvalue weighted by Crippen LogP contribution is 2.29. The molecule has 54 heavy (non-hydrogen) atoms. The molecule has 20 heteroatoms. The molecule has 0 spiro atoms. The van der Waals surface area contributed by atoms with Crippen LogP contribution < -0.4 is 11.0 Å². The van der Waals surface area contributed by atoms with Crippen molar-refractivity contribution in [2.24, 2.45) is 9.98 Å². The van der Waals surface area contributed by atoms with Crippen LogP contribution in [0.25, 0.3) is 0 Å². The second-order valence-corrected chi connectivity index (χ2v) is 32.0. The van der Waals surface area contributed by atoms with E-state index in [0.717, 1.165) is 21.5 Å². The van der Waals surface area contributed by atoms with Crippen molar-refractivity contribution in [1.82, 2.24) is 19.3 Å². The third-order valence-electron chi connectivity index (χ3n) is 8.40. The fourth-order valence-corrected chi connectivity index (χ4v) is 14.8. The summed E-state index contributed by atoms with van der Waals surface area (Å²) in [6.07, 6.45) is 1.50. The lowest BCUT2D eigenvalue weighted by atomic mass is 10.1. The summed E-state index contributed by atoms with van der Waals surface area (Å²) < 4.78 is 2.70. The van der Waals surface area contributed by atoms with Gasteiger partial charge < -0.3 is 20.0 Å². The molecule has 4 rings (SSSR count). The maximum atomic E-state index is 13.5. The van der Waals surface area contributed by atoms with E-state index in [1.165, 1.54) is 69.0 Å². The maximum absolute atomic E-state index is 13.5. The van der Waals surface area contributed by atoms with Crippen molar-refractivity contribution < 1.29 is 29.6 Å². The van der Waals surface area contributed by atoms with Gasteiger partial charge in [-0.1, -0.05) is 87.2 Å². The highest BCUT2D eigenvalue weighted by molar-refractivity contribution is 8.23. The number of thioether (sulfide) groups is 4. The number of thiocarbonyl (C=S) groups is 2. The lowest BCUT2D eigenvalue weighted by Gasteiger charge is -2.20. The van der Waals surface area contributed by atoms with Crippen LogP contribution in [-0.2, 0) is 9.59 Å². The Hall–Kier alpha value is -2.21. The highest BCUT2D eigenvalue weighted by Gasteiger charge is 2.30. The van der Waals surface area contributed by atoms with Crippen molar-refractivity contribution in [3.8, 4) is 0 Å². The van der Waals surface area contributed by atoms with Crippen molar-refractivity contribution in [3.63, 3.8) is 0 Å². The van der Waals surface area contributed by atoms with Gasteiger partial charge in [0.05, 0.1) is 11.1 Å². The van der Waals surface area contributed by atoms with E-state index in [0.29, 0.717) is 78.5 Å². The second-order valence-electron chi connectivity index (χ2n) is 15.1. The number of hydrogen-bond acceptors (Lipinski definition) is 14. The van der Waals surface area contributed by atoms with Crippen LogP contribution in [0.4, 0.5) is 0 Å². The van der Waals surface area contributed by atoms with Crippen LogP contribution in [0.5, 0.6) is 0 Å². The zero-order chi connectivity index (χ0) is 39.8.